The van der Waals surface area contributed by atoms with Crippen LogP contribution in [0.5, 0.6) is 0 Å². The fourth-order valence-electron chi connectivity index (χ4n) is 1.79. The van der Waals surface area contributed by atoms with Crippen molar-refractivity contribution in [3.63, 3.8) is 0 Å². The summed E-state index contributed by atoms with van der Waals surface area (Å²) >= 11 is 0. The Balaban J connectivity index is 2.66. The molecule has 1 aliphatic heterocycles. The summed E-state index contributed by atoms with van der Waals surface area (Å²) in [5.74, 6) is 0.283. The van der Waals surface area contributed by atoms with Gasteiger partial charge < -0.3 is 9.84 Å². The maximum absolute atomic E-state index is 13.5. The number of aliphatic hydroxyl groups excluding tert-OH is 1. The first kappa shape index (κ1) is 10.9. The third-order valence-corrected chi connectivity index (χ3v) is 2.61. The second-order valence-corrected chi connectivity index (χ2v) is 4.49. The van der Waals surface area contributed by atoms with Crippen LogP contribution in [0.2, 0.25) is 0 Å². The van der Waals surface area contributed by atoms with Gasteiger partial charge in [0.2, 0.25) is 0 Å². The van der Waals surface area contributed by atoms with Gasteiger partial charge in [-0.1, -0.05) is 27.7 Å². The Morgan fingerprint density at radius 3 is 1.77 bits per heavy atom. The number of alkyl halides is 1. The Kier molecular flexibility index (Phi) is 3.30. The molecule has 13 heavy (non-hydrogen) atoms. The minimum atomic E-state index is -1.23. The number of ether oxygens (including phenoxy) is 1. The highest BCUT2D eigenvalue weighted by Gasteiger charge is 2.46. The van der Waals surface area contributed by atoms with Gasteiger partial charge in [0.15, 0.2) is 6.17 Å². The highest BCUT2D eigenvalue weighted by molar-refractivity contribution is 4.93. The topological polar surface area (TPSA) is 29.5 Å². The van der Waals surface area contributed by atoms with Crippen LogP contribution in [0.15, 0.2) is 0 Å². The Labute approximate surface area is 79.1 Å². The van der Waals surface area contributed by atoms with E-state index >= 15 is 0 Å². The van der Waals surface area contributed by atoms with Gasteiger partial charge in [-0.3, -0.25) is 0 Å². The van der Waals surface area contributed by atoms with Crippen molar-refractivity contribution >= 4 is 0 Å². The van der Waals surface area contributed by atoms with E-state index in [4.69, 9.17) is 4.74 Å². The first-order chi connectivity index (χ1) is 5.95. The first-order valence-electron chi connectivity index (χ1n) is 4.92. The molecular weight excluding hydrogens is 171 g/mol. The SMILES string of the molecule is CC(C)[C@H]1O[C@@H](C(C)C)[C@H](F)[C@H]1O. The van der Waals surface area contributed by atoms with Crippen molar-refractivity contribution < 1.29 is 14.2 Å². The Hall–Kier alpha value is -0.150. The molecule has 1 N–H and O–H groups in total. The van der Waals surface area contributed by atoms with Crippen LogP contribution in [0.1, 0.15) is 27.7 Å². The molecule has 0 saturated carbocycles. The van der Waals surface area contributed by atoms with Crippen LogP contribution >= 0.6 is 0 Å². The zero-order chi connectivity index (χ0) is 10.2. The summed E-state index contributed by atoms with van der Waals surface area (Å²) in [6.45, 7) is 7.69. The molecule has 0 spiro atoms. The number of hydrogen-bond donors (Lipinski definition) is 1. The van der Waals surface area contributed by atoms with Gasteiger partial charge in [-0.25, -0.2) is 4.39 Å². The molecule has 78 valence electrons. The first-order valence-corrected chi connectivity index (χ1v) is 4.92. The van der Waals surface area contributed by atoms with Gasteiger partial charge >= 0.3 is 0 Å². The maximum atomic E-state index is 13.5. The van der Waals surface area contributed by atoms with E-state index in [2.05, 4.69) is 0 Å². The predicted octanol–water partition coefficient (Wildman–Crippen LogP) is 1.76. The van der Waals surface area contributed by atoms with E-state index in [0.29, 0.717) is 0 Å². The molecule has 0 radical (unpaired) electrons. The molecule has 0 aromatic carbocycles. The van der Waals surface area contributed by atoms with Gasteiger partial charge in [-0.2, -0.15) is 0 Å². The summed E-state index contributed by atoms with van der Waals surface area (Å²) in [7, 11) is 0. The van der Waals surface area contributed by atoms with Gasteiger partial charge in [0.1, 0.15) is 6.10 Å². The Morgan fingerprint density at radius 1 is 1.08 bits per heavy atom. The third-order valence-electron chi connectivity index (χ3n) is 2.61. The third kappa shape index (κ3) is 2.02. The Morgan fingerprint density at radius 2 is 1.54 bits per heavy atom. The van der Waals surface area contributed by atoms with E-state index in [0.717, 1.165) is 0 Å². The second-order valence-electron chi connectivity index (χ2n) is 4.49. The lowest BCUT2D eigenvalue weighted by Crippen LogP contribution is -2.32. The largest absolute Gasteiger partial charge is 0.387 e. The molecule has 1 rings (SSSR count). The normalized spacial score (nSPS) is 40.6. The molecule has 1 saturated heterocycles. The van der Waals surface area contributed by atoms with Crippen LogP contribution < -0.4 is 0 Å². The zero-order valence-electron chi connectivity index (χ0n) is 8.70. The van der Waals surface area contributed by atoms with E-state index in [1.165, 1.54) is 0 Å². The van der Waals surface area contributed by atoms with Crippen LogP contribution in [0.3, 0.4) is 0 Å². The summed E-state index contributed by atoms with van der Waals surface area (Å²) in [6, 6.07) is 0. The molecular formula is C10H19FO2. The Bertz CT molecular complexity index is 152. The second kappa shape index (κ2) is 3.93. The van der Waals surface area contributed by atoms with Gasteiger partial charge in [0.25, 0.3) is 0 Å². The lowest BCUT2D eigenvalue weighted by molar-refractivity contribution is -0.0310. The van der Waals surface area contributed by atoms with E-state index in [9.17, 15) is 9.50 Å². The summed E-state index contributed by atoms with van der Waals surface area (Å²) in [5.41, 5.74) is 0. The molecule has 1 heterocycles. The molecule has 0 aromatic rings. The smallest absolute Gasteiger partial charge is 0.155 e. The van der Waals surface area contributed by atoms with Crippen molar-refractivity contribution in [2.24, 2.45) is 11.8 Å². The fraction of sp³-hybridized carbons (Fsp3) is 1.00. The zero-order valence-corrected chi connectivity index (χ0v) is 8.70. The van der Waals surface area contributed by atoms with Gasteiger partial charge in [0, 0.05) is 0 Å². The lowest BCUT2D eigenvalue weighted by atomic mass is 9.97. The molecule has 0 unspecified atom stereocenters. The number of hydrogen-bond acceptors (Lipinski definition) is 2. The van der Waals surface area contributed by atoms with Crippen molar-refractivity contribution in [2.75, 3.05) is 0 Å². The molecule has 0 amide bonds. The van der Waals surface area contributed by atoms with Crippen molar-refractivity contribution in [1.82, 2.24) is 0 Å². The fourth-order valence-corrected chi connectivity index (χ4v) is 1.79. The van der Waals surface area contributed by atoms with Gasteiger partial charge in [-0.15, -0.1) is 0 Å². The highest BCUT2D eigenvalue weighted by atomic mass is 19.1. The van der Waals surface area contributed by atoms with E-state index in [-0.39, 0.29) is 17.9 Å². The van der Waals surface area contributed by atoms with Crippen molar-refractivity contribution in [3.05, 3.63) is 0 Å². The van der Waals surface area contributed by atoms with E-state index in [1.807, 2.05) is 27.7 Å². The van der Waals surface area contributed by atoms with Crippen molar-refractivity contribution in [2.45, 2.75) is 52.2 Å². The van der Waals surface area contributed by atoms with Crippen LogP contribution in [0, 0.1) is 11.8 Å². The lowest BCUT2D eigenvalue weighted by Gasteiger charge is -2.18. The predicted molar refractivity (Wildman–Crippen MR) is 49.2 cm³/mol. The molecule has 1 fully saturated rings. The van der Waals surface area contributed by atoms with Crippen molar-refractivity contribution in [1.29, 1.82) is 0 Å². The highest BCUT2D eigenvalue weighted by Crippen LogP contribution is 2.32. The average molecular weight is 190 g/mol. The average Bonchev–Trinajstić information content (AvgIpc) is 2.29. The summed E-state index contributed by atoms with van der Waals surface area (Å²) in [6.07, 6.45) is -2.97. The minimum Gasteiger partial charge on any atom is -0.387 e. The molecule has 0 aromatic heterocycles. The van der Waals surface area contributed by atoms with Gasteiger partial charge in [0.05, 0.1) is 12.2 Å². The summed E-state index contributed by atoms with van der Waals surface area (Å²) in [4.78, 5) is 0. The number of rotatable bonds is 2. The van der Waals surface area contributed by atoms with Crippen LogP contribution in [0.25, 0.3) is 0 Å². The van der Waals surface area contributed by atoms with Crippen LogP contribution in [-0.4, -0.2) is 29.6 Å². The van der Waals surface area contributed by atoms with Crippen LogP contribution in [-0.2, 0) is 4.74 Å². The number of aliphatic hydroxyl groups is 1. The van der Waals surface area contributed by atoms with Gasteiger partial charge in [-0.05, 0) is 11.8 Å². The number of halogens is 1. The maximum Gasteiger partial charge on any atom is 0.155 e. The van der Waals surface area contributed by atoms with Crippen molar-refractivity contribution in [3.8, 4) is 0 Å². The molecule has 2 nitrogen and oxygen atoms in total. The van der Waals surface area contributed by atoms with Crippen LogP contribution in [0.4, 0.5) is 4.39 Å². The van der Waals surface area contributed by atoms with E-state index in [1.54, 1.807) is 0 Å². The molecule has 0 aliphatic carbocycles. The minimum absolute atomic E-state index is 0.119. The summed E-state index contributed by atoms with van der Waals surface area (Å²) < 4.78 is 19.0. The monoisotopic (exact) mass is 190 g/mol. The molecule has 1 aliphatic rings. The quantitative estimate of drug-likeness (QED) is 0.719. The molecule has 0 bridgehead atoms. The summed E-state index contributed by atoms with van der Waals surface area (Å²) in [5, 5.41) is 9.55. The molecule has 3 heteroatoms. The molecule has 4 atom stereocenters. The standard InChI is InChI=1S/C10H19FO2/c1-5(2)9-7(11)8(12)10(13-9)6(3)4/h5-10,12H,1-4H3/t7-,8-,9+,10-/m1/s1. The van der Waals surface area contributed by atoms with E-state index < -0.39 is 18.4 Å².